The summed E-state index contributed by atoms with van der Waals surface area (Å²) in [6.07, 6.45) is 3.27. The van der Waals surface area contributed by atoms with E-state index < -0.39 is 0 Å². The maximum Gasteiger partial charge on any atom is 0.173 e. The Balaban J connectivity index is 1.52. The minimum Gasteiger partial charge on any atom is -0.293 e. The first-order valence-corrected chi connectivity index (χ1v) is 9.69. The number of aromatic nitrogens is 4. The van der Waals surface area contributed by atoms with Crippen molar-refractivity contribution in [2.24, 2.45) is 0 Å². The fraction of sp³-hybridized carbons (Fsp3) is 0.100. The summed E-state index contributed by atoms with van der Waals surface area (Å²) in [5.41, 5.74) is 2.54. The van der Waals surface area contributed by atoms with Gasteiger partial charge in [0.25, 0.3) is 0 Å². The molecule has 0 spiro atoms. The zero-order chi connectivity index (χ0) is 18.6. The summed E-state index contributed by atoms with van der Waals surface area (Å²) >= 11 is 7.26. The third kappa shape index (κ3) is 4.02. The number of benzene rings is 2. The number of hydrogen-bond donors (Lipinski definition) is 0. The molecular formula is C20H15ClN4OS. The molecule has 7 heteroatoms. The Bertz CT molecular complexity index is 1080. The normalized spacial score (nSPS) is 11.0. The van der Waals surface area contributed by atoms with Gasteiger partial charge >= 0.3 is 0 Å². The lowest BCUT2D eigenvalue weighted by molar-refractivity contribution is 0.102. The Morgan fingerprint density at radius 1 is 1.04 bits per heavy atom. The van der Waals surface area contributed by atoms with Crippen molar-refractivity contribution in [2.45, 2.75) is 11.6 Å². The van der Waals surface area contributed by atoms with Gasteiger partial charge in [-0.25, -0.2) is 14.6 Å². The van der Waals surface area contributed by atoms with Crippen LogP contribution in [-0.2, 0) is 6.54 Å². The SMILES string of the molecule is O=C(CSc1ncnc2c1cnn2Cc1ccccc1)c1ccc(Cl)cc1. The molecule has 134 valence electrons. The van der Waals surface area contributed by atoms with Crippen LogP contribution in [0.3, 0.4) is 0 Å². The van der Waals surface area contributed by atoms with E-state index in [1.165, 1.54) is 18.1 Å². The molecule has 5 nitrogen and oxygen atoms in total. The van der Waals surface area contributed by atoms with Crippen molar-refractivity contribution in [3.8, 4) is 0 Å². The molecule has 0 amide bonds. The van der Waals surface area contributed by atoms with E-state index in [0.717, 1.165) is 21.6 Å². The predicted octanol–water partition coefficient (Wildman–Crippen LogP) is 4.50. The minimum atomic E-state index is 0.0279. The van der Waals surface area contributed by atoms with Gasteiger partial charge < -0.3 is 0 Å². The molecule has 0 unspecified atom stereocenters. The molecule has 2 aromatic carbocycles. The number of carbonyl (C=O) groups excluding carboxylic acids is 1. The quantitative estimate of drug-likeness (QED) is 0.273. The van der Waals surface area contributed by atoms with Crippen LogP contribution in [0.25, 0.3) is 11.0 Å². The summed E-state index contributed by atoms with van der Waals surface area (Å²) in [4.78, 5) is 21.1. The zero-order valence-electron chi connectivity index (χ0n) is 14.2. The van der Waals surface area contributed by atoms with Crippen molar-refractivity contribution < 1.29 is 4.79 Å². The highest BCUT2D eigenvalue weighted by Gasteiger charge is 2.13. The molecule has 0 atom stereocenters. The average Bonchev–Trinajstić information content (AvgIpc) is 3.11. The van der Waals surface area contributed by atoms with Gasteiger partial charge in [-0.05, 0) is 29.8 Å². The van der Waals surface area contributed by atoms with Gasteiger partial charge in [-0.15, -0.1) is 0 Å². The van der Waals surface area contributed by atoms with Gasteiger partial charge in [0.1, 0.15) is 11.4 Å². The van der Waals surface area contributed by atoms with E-state index >= 15 is 0 Å². The van der Waals surface area contributed by atoms with Crippen LogP contribution in [0.15, 0.2) is 72.1 Å². The van der Waals surface area contributed by atoms with Crippen LogP contribution in [0.1, 0.15) is 15.9 Å². The second-order valence-corrected chi connectivity index (χ2v) is 7.32. The monoisotopic (exact) mass is 394 g/mol. The summed E-state index contributed by atoms with van der Waals surface area (Å²) in [6, 6.07) is 17.0. The standard InChI is InChI=1S/C20H15ClN4OS/c21-16-8-6-15(7-9-16)18(26)12-27-20-17-10-24-25(19(17)22-13-23-20)11-14-4-2-1-3-5-14/h1-10,13H,11-12H2. The molecule has 0 radical (unpaired) electrons. The molecular weight excluding hydrogens is 380 g/mol. The van der Waals surface area contributed by atoms with Gasteiger partial charge in [0.15, 0.2) is 11.4 Å². The molecule has 27 heavy (non-hydrogen) atoms. The van der Waals surface area contributed by atoms with Crippen molar-refractivity contribution in [2.75, 3.05) is 5.75 Å². The number of fused-ring (bicyclic) bond motifs is 1. The lowest BCUT2D eigenvalue weighted by atomic mass is 10.1. The molecule has 2 heterocycles. The maximum absolute atomic E-state index is 12.4. The molecule has 0 saturated heterocycles. The number of Topliss-reactive ketones (excluding diaryl/α,β-unsaturated/α-hetero) is 1. The fourth-order valence-electron chi connectivity index (χ4n) is 2.71. The first-order valence-electron chi connectivity index (χ1n) is 8.33. The molecule has 0 fully saturated rings. The summed E-state index contributed by atoms with van der Waals surface area (Å²) < 4.78 is 1.84. The number of rotatable bonds is 6. The van der Waals surface area contributed by atoms with E-state index in [1.54, 1.807) is 30.5 Å². The van der Waals surface area contributed by atoms with Crippen LogP contribution in [0.4, 0.5) is 0 Å². The second-order valence-electron chi connectivity index (χ2n) is 5.92. The maximum atomic E-state index is 12.4. The Kier molecular flexibility index (Phi) is 5.18. The summed E-state index contributed by atoms with van der Waals surface area (Å²) in [7, 11) is 0. The van der Waals surface area contributed by atoms with Crippen molar-refractivity contribution >= 4 is 40.2 Å². The van der Waals surface area contributed by atoms with Crippen molar-refractivity contribution in [1.29, 1.82) is 0 Å². The lowest BCUT2D eigenvalue weighted by Crippen LogP contribution is -2.04. The third-order valence-electron chi connectivity index (χ3n) is 4.08. The summed E-state index contributed by atoms with van der Waals surface area (Å²) in [6.45, 7) is 0.634. The highest BCUT2D eigenvalue weighted by Crippen LogP contribution is 2.25. The summed E-state index contributed by atoms with van der Waals surface area (Å²) in [5.74, 6) is 0.317. The zero-order valence-corrected chi connectivity index (χ0v) is 15.8. The van der Waals surface area contributed by atoms with Crippen molar-refractivity contribution in [1.82, 2.24) is 19.7 Å². The van der Waals surface area contributed by atoms with E-state index in [9.17, 15) is 4.79 Å². The number of thioether (sulfide) groups is 1. The fourth-order valence-corrected chi connectivity index (χ4v) is 3.69. The molecule has 0 saturated carbocycles. The van der Waals surface area contributed by atoms with Crippen molar-refractivity contribution in [3.63, 3.8) is 0 Å². The van der Waals surface area contributed by atoms with Crippen LogP contribution >= 0.6 is 23.4 Å². The Hall–Kier alpha value is -2.70. The number of ketones is 1. The Morgan fingerprint density at radius 3 is 2.59 bits per heavy atom. The molecule has 0 aliphatic carbocycles. The predicted molar refractivity (Wildman–Crippen MR) is 107 cm³/mol. The third-order valence-corrected chi connectivity index (χ3v) is 5.34. The van der Waals surface area contributed by atoms with Gasteiger partial charge in [0.05, 0.1) is 23.9 Å². The van der Waals surface area contributed by atoms with Crippen LogP contribution < -0.4 is 0 Å². The molecule has 4 aromatic rings. The van der Waals surface area contributed by atoms with Gasteiger partial charge in [0.2, 0.25) is 0 Å². The largest absolute Gasteiger partial charge is 0.293 e. The van der Waals surface area contributed by atoms with Crippen LogP contribution in [0.5, 0.6) is 0 Å². The summed E-state index contributed by atoms with van der Waals surface area (Å²) in [5, 5.41) is 6.66. The molecule has 0 bridgehead atoms. The Morgan fingerprint density at radius 2 is 1.81 bits per heavy atom. The first-order chi connectivity index (χ1) is 13.2. The van der Waals surface area contributed by atoms with E-state index in [4.69, 9.17) is 11.6 Å². The topological polar surface area (TPSA) is 60.7 Å². The minimum absolute atomic E-state index is 0.0279. The van der Waals surface area contributed by atoms with Gasteiger partial charge in [-0.2, -0.15) is 5.10 Å². The van der Waals surface area contributed by atoms with Gasteiger partial charge in [0, 0.05) is 10.6 Å². The Labute approximate surface area is 165 Å². The van der Waals surface area contributed by atoms with Gasteiger partial charge in [-0.1, -0.05) is 53.7 Å². The van der Waals surface area contributed by atoms with E-state index in [2.05, 4.69) is 27.2 Å². The van der Waals surface area contributed by atoms with Crippen molar-refractivity contribution in [3.05, 3.63) is 83.3 Å². The number of hydrogen-bond acceptors (Lipinski definition) is 5. The highest BCUT2D eigenvalue weighted by atomic mass is 35.5. The smallest absolute Gasteiger partial charge is 0.173 e. The van der Waals surface area contributed by atoms with Crippen LogP contribution in [0.2, 0.25) is 5.02 Å². The molecule has 4 rings (SSSR count). The molecule has 0 aliphatic rings. The van der Waals surface area contributed by atoms with Gasteiger partial charge in [-0.3, -0.25) is 4.79 Å². The molecule has 2 aromatic heterocycles. The average molecular weight is 395 g/mol. The van der Waals surface area contributed by atoms with E-state index in [-0.39, 0.29) is 11.5 Å². The molecule has 0 aliphatic heterocycles. The highest BCUT2D eigenvalue weighted by molar-refractivity contribution is 8.00. The number of halogens is 1. The second kappa shape index (κ2) is 7.90. The first kappa shape index (κ1) is 17.7. The van der Waals surface area contributed by atoms with Crippen LogP contribution in [-0.4, -0.2) is 31.3 Å². The van der Waals surface area contributed by atoms with Crippen LogP contribution in [0, 0.1) is 0 Å². The molecule has 0 N–H and O–H groups in total. The van der Waals surface area contributed by atoms with E-state index in [1.807, 2.05) is 22.9 Å². The lowest BCUT2D eigenvalue weighted by Gasteiger charge is -2.05. The van der Waals surface area contributed by atoms with E-state index in [0.29, 0.717) is 17.1 Å². The number of nitrogens with zero attached hydrogens (tertiary/aromatic N) is 4. The number of carbonyl (C=O) groups is 1.